The lowest BCUT2D eigenvalue weighted by molar-refractivity contribution is -0.137. The average Bonchev–Trinajstić information content (AvgIpc) is 2.98. The molecular weight excluding hydrogens is 492 g/mol. The zero-order chi connectivity index (χ0) is 27.5. The van der Waals surface area contributed by atoms with Crippen LogP contribution in [-0.2, 0) is 14.3 Å². The van der Waals surface area contributed by atoms with E-state index in [2.05, 4.69) is 16.5 Å². The van der Waals surface area contributed by atoms with Crippen LogP contribution < -0.4 is 4.74 Å². The van der Waals surface area contributed by atoms with Gasteiger partial charge in [-0.15, -0.1) is 0 Å². The second-order valence-electron chi connectivity index (χ2n) is 10.2. The highest BCUT2D eigenvalue weighted by Gasteiger charge is 2.18. The molecular formula is C32H44N2O5. The number of ether oxygens (including phenoxy) is 3. The lowest BCUT2D eigenvalue weighted by Gasteiger charge is -2.21. The maximum Gasteiger partial charge on any atom is 0.338 e. The SMILES string of the molecule is C=CC(=O)OCCCCCCCCCCCCOc1cnc(-c2ccc(C(=O)OC3CCCCC3)cc2)nc1. The average molecular weight is 537 g/mol. The van der Waals surface area contributed by atoms with Gasteiger partial charge >= 0.3 is 11.9 Å². The van der Waals surface area contributed by atoms with E-state index in [4.69, 9.17) is 14.2 Å². The van der Waals surface area contributed by atoms with Gasteiger partial charge in [-0.3, -0.25) is 0 Å². The number of nitrogens with zero attached hydrogens (tertiary/aromatic N) is 2. The summed E-state index contributed by atoms with van der Waals surface area (Å²) in [4.78, 5) is 32.2. The minimum Gasteiger partial charge on any atom is -0.490 e. The Bertz CT molecular complexity index is 985. The summed E-state index contributed by atoms with van der Waals surface area (Å²) in [7, 11) is 0. The molecule has 0 N–H and O–H groups in total. The molecule has 0 aliphatic heterocycles. The molecule has 0 bridgehead atoms. The Morgan fingerprint density at radius 2 is 1.36 bits per heavy atom. The van der Waals surface area contributed by atoms with E-state index in [1.807, 2.05) is 12.1 Å². The van der Waals surface area contributed by atoms with Crippen molar-refractivity contribution in [3.63, 3.8) is 0 Å². The Kier molecular flexibility index (Phi) is 14.1. The summed E-state index contributed by atoms with van der Waals surface area (Å²) < 4.78 is 16.4. The molecule has 1 aliphatic carbocycles. The fraction of sp³-hybridized carbons (Fsp3) is 0.562. The zero-order valence-corrected chi connectivity index (χ0v) is 23.3. The minimum absolute atomic E-state index is 0.0529. The first kappa shape index (κ1) is 30.3. The predicted molar refractivity (Wildman–Crippen MR) is 153 cm³/mol. The highest BCUT2D eigenvalue weighted by atomic mass is 16.5. The van der Waals surface area contributed by atoms with Crippen LogP contribution in [0.5, 0.6) is 5.75 Å². The minimum atomic E-state index is -0.334. The molecule has 212 valence electrons. The van der Waals surface area contributed by atoms with Gasteiger partial charge in [0.05, 0.1) is 31.2 Å². The van der Waals surface area contributed by atoms with E-state index in [1.54, 1.807) is 24.5 Å². The van der Waals surface area contributed by atoms with E-state index in [0.717, 1.165) is 56.9 Å². The van der Waals surface area contributed by atoms with Gasteiger partial charge in [0.15, 0.2) is 11.6 Å². The first-order valence-electron chi connectivity index (χ1n) is 14.7. The number of aromatic nitrogens is 2. The van der Waals surface area contributed by atoms with E-state index in [0.29, 0.717) is 30.4 Å². The molecule has 1 fully saturated rings. The zero-order valence-electron chi connectivity index (χ0n) is 23.3. The van der Waals surface area contributed by atoms with Crippen molar-refractivity contribution >= 4 is 11.9 Å². The summed E-state index contributed by atoms with van der Waals surface area (Å²) in [5, 5.41) is 0. The van der Waals surface area contributed by atoms with Gasteiger partial charge in [0.25, 0.3) is 0 Å². The van der Waals surface area contributed by atoms with E-state index >= 15 is 0 Å². The third-order valence-electron chi connectivity index (χ3n) is 7.05. The fourth-order valence-electron chi connectivity index (χ4n) is 4.74. The van der Waals surface area contributed by atoms with Crippen molar-refractivity contribution in [2.45, 2.75) is 102 Å². The van der Waals surface area contributed by atoms with Crippen molar-refractivity contribution in [3.8, 4) is 17.1 Å². The van der Waals surface area contributed by atoms with Crippen LogP contribution in [0.3, 0.4) is 0 Å². The smallest absolute Gasteiger partial charge is 0.338 e. The molecule has 0 spiro atoms. The van der Waals surface area contributed by atoms with Crippen LogP contribution in [0.4, 0.5) is 0 Å². The van der Waals surface area contributed by atoms with Gasteiger partial charge in [0.2, 0.25) is 0 Å². The Morgan fingerprint density at radius 3 is 1.95 bits per heavy atom. The fourth-order valence-corrected chi connectivity index (χ4v) is 4.74. The molecule has 1 aliphatic rings. The third kappa shape index (κ3) is 12.0. The summed E-state index contributed by atoms with van der Waals surface area (Å²) in [6.45, 7) is 4.55. The Morgan fingerprint density at radius 1 is 0.795 bits per heavy atom. The highest BCUT2D eigenvalue weighted by molar-refractivity contribution is 5.90. The molecule has 0 atom stereocenters. The van der Waals surface area contributed by atoms with E-state index in [1.165, 1.54) is 51.0 Å². The number of hydrogen-bond acceptors (Lipinski definition) is 7. The van der Waals surface area contributed by atoms with Gasteiger partial charge in [-0.05, 0) is 50.7 Å². The third-order valence-corrected chi connectivity index (χ3v) is 7.05. The number of carbonyl (C=O) groups excluding carboxylic acids is 2. The number of rotatable bonds is 18. The molecule has 0 amide bonds. The maximum atomic E-state index is 12.4. The van der Waals surface area contributed by atoms with Gasteiger partial charge in [-0.1, -0.05) is 76.5 Å². The van der Waals surface area contributed by atoms with Crippen molar-refractivity contribution in [1.82, 2.24) is 9.97 Å². The molecule has 7 nitrogen and oxygen atoms in total. The van der Waals surface area contributed by atoms with Gasteiger partial charge in [0.1, 0.15) is 6.10 Å². The molecule has 1 heterocycles. The van der Waals surface area contributed by atoms with Crippen LogP contribution in [0.25, 0.3) is 11.4 Å². The van der Waals surface area contributed by atoms with Crippen molar-refractivity contribution in [2.24, 2.45) is 0 Å². The first-order valence-corrected chi connectivity index (χ1v) is 14.7. The Labute approximate surface area is 233 Å². The number of esters is 2. The largest absolute Gasteiger partial charge is 0.490 e. The second-order valence-corrected chi connectivity index (χ2v) is 10.2. The van der Waals surface area contributed by atoms with Crippen LogP contribution in [0.15, 0.2) is 49.3 Å². The monoisotopic (exact) mass is 536 g/mol. The van der Waals surface area contributed by atoms with Crippen molar-refractivity contribution in [3.05, 3.63) is 54.9 Å². The van der Waals surface area contributed by atoms with E-state index < -0.39 is 0 Å². The normalized spacial score (nSPS) is 13.5. The van der Waals surface area contributed by atoms with Gasteiger partial charge in [0, 0.05) is 11.6 Å². The molecule has 0 radical (unpaired) electrons. The maximum absolute atomic E-state index is 12.4. The second kappa shape index (κ2) is 18.1. The van der Waals surface area contributed by atoms with Crippen LogP contribution in [0.1, 0.15) is 107 Å². The quantitative estimate of drug-likeness (QED) is 0.110. The predicted octanol–water partition coefficient (Wildman–Crippen LogP) is 7.64. The first-order chi connectivity index (χ1) is 19.2. The van der Waals surface area contributed by atoms with E-state index in [9.17, 15) is 9.59 Å². The summed E-state index contributed by atoms with van der Waals surface area (Å²) in [6, 6.07) is 7.27. The molecule has 2 aromatic rings. The van der Waals surface area contributed by atoms with Crippen LogP contribution in [0, 0.1) is 0 Å². The summed E-state index contributed by atoms with van der Waals surface area (Å²) in [6.07, 6.45) is 21.8. The van der Waals surface area contributed by atoms with E-state index in [-0.39, 0.29) is 18.0 Å². The molecule has 3 rings (SSSR count). The van der Waals surface area contributed by atoms with Gasteiger partial charge in [-0.2, -0.15) is 0 Å². The molecule has 1 aromatic carbocycles. The molecule has 7 heteroatoms. The standard InChI is InChI=1S/C32H44N2O5/c1-2-30(35)38-23-15-10-8-6-4-3-5-7-9-14-22-37-29-24-33-31(34-25-29)26-18-20-27(21-19-26)32(36)39-28-16-12-11-13-17-28/h2,18-21,24-25,28H,1,3-17,22-23H2. The van der Waals surface area contributed by atoms with Gasteiger partial charge < -0.3 is 14.2 Å². The summed E-state index contributed by atoms with van der Waals surface area (Å²) >= 11 is 0. The summed E-state index contributed by atoms with van der Waals surface area (Å²) in [5.41, 5.74) is 1.41. The molecule has 0 saturated heterocycles. The molecule has 1 saturated carbocycles. The highest BCUT2D eigenvalue weighted by Crippen LogP contribution is 2.23. The van der Waals surface area contributed by atoms with Crippen molar-refractivity contribution in [1.29, 1.82) is 0 Å². The number of benzene rings is 1. The number of carbonyl (C=O) groups is 2. The molecule has 1 aromatic heterocycles. The topological polar surface area (TPSA) is 87.6 Å². The van der Waals surface area contributed by atoms with Crippen molar-refractivity contribution < 1.29 is 23.8 Å². The van der Waals surface area contributed by atoms with Crippen molar-refractivity contribution in [2.75, 3.05) is 13.2 Å². The molecule has 39 heavy (non-hydrogen) atoms. The number of unbranched alkanes of at least 4 members (excludes halogenated alkanes) is 9. The summed E-state index contributed by atoms with van der Waals surface area (Å²) in [5.74, 6) is 0.687. The lowest BCUT2D eigenvalue weighted by atomic mass is 9.98. The number of hydrogen-bond donors (Lipinski definition) is 0. The van der Waals surface area contributed by atoms with Crippen LogP contribution >= 0.6 is 0 Å². The van der Waals surface area contributed by atoms with Crippen LogP contribution in [0.2, 0.25) is 0 Å². The molecule has 0 unspecified atom stereocenters. The Hall–Kier alpha value is -3.22. The lowest BCUT2D eigenvalue weighted by Crippen LogP contribution is -2.20. The van der Waals surface area contributed by atoms with Gasteiger partial charge in [-0.25, -0.2) is 19.6 Å². The Balaban J connectivity index is 1.21. The van der Waals surface area contributed by atoms with Crippen LogP contribution in [-0.4, -0.2) is 41.2 Å².